The normalized spacial score (nSPS) is 12.8. The number of nitrogens with one attached hydrogen (secondary N) is 2. The van der Waals surface area contributed by atoms with Crippen molar-refractivity contribution in [2.75, 3.05) is 37.7 Å². The fourth-order valence-electron chi connectivity index (χ4n) is 2.66. The summed E-state index contributed by atoms with van der Waals surface area (Å²) in [6.07, 6.45) is 0.0466. The number of sulfone groups is 1. The van der Waals surface area contributed by atoms with Crippen LogP contribution in [0, 0.1) is 0 Å². The van der Waals surface area contributed by atoms with Crippen molar-refractivity contribution in [2.24, 2.45) is 5.73 Å². The molecule has 0 aliphatic carbocycles. The first-order valence-electron chi connectivity index (χ1n) is 10.7. The van der Waals surface area contributed by atoms with Crippen LogP contribution in [0.5, 0.6) is 0 Å². The van der Waals surface area contributed by atoms with E-state index in [9.17, 15) is 32.4 Å². The molecule has 0 fully saturated rings. The highest BCUT2D eigenvalue weighted by Gasteiger charge is 2.28. The summed E-state index contributed by atoms with van der Waals surface area (Å²) in [6, 6.07) is -2.98. The summed E-state index contributed by atoms with van der Waals surface area (Å²) in [5.74, 6) is -6.14. The van der Waals surface area contributed by atoms with Gasteiger partial charge < -0.3 is 36.2 Å². The number of hydrogen-bond acceptors (Lipinski definition) is 9. The summed E-state index contributed by atoms with van der Waals surface area (Å²) in [5.41, 5.74) is 5.31. The molecule has 2 atom stereocenters. The molecule has 196 valence electrons. The molecule has 0 bridgehead atoms. The van der Waals surface area contributed by atoms with Crippen molar-refractivity contribution in [2.45, 2.75) is 51.6 Å². The molecule has 0 heterocycles. The maximum Gasteiger partial charge on any atom is 0.409 e. The molecular formula is C19H34N4O10S. The molecule has 3 amide bonds. The Hall–Kier alpha value is -2.94. The molecular weight excluding hydrogens is 476 g/mol. The zero-order valence-corrected chi connectivity index (χ0v) is 20.1. The van der Waals surface area contributed by atoms with Crippen LogP contribution in [0.15, 0.2) is 0 Å². The number of hydrogen-bond donors (Lipinski definition) is 5. The highest BCUT2D eigenvalue weighted by atomic mass is 32.2. The SMILES string of the molecule is CCCN(CCC)C(=O)OCCS(=O)(=O)CC(NC(=O)CCC(N)C(=O)O)C(=O)NCC(=O)O. The van der Waals surface area contributed by atoms with Crippen LogP contribution in [0.3, 0.4) is 0 Å². The molecule has 0 saturated carbocycles. The first-order chi connectivity index (χ1) is 15.8. The quantitative estimate of drug-likeness (QED) is 0.152. The average Bonchev–Trinajstić information content (AvgIpc) is 2.74. The number of carboxylic acid groups (broad SMARTS) is 2. The van der Waals surface area contributed by atoms with Gasteiger partial charge in [-0.1, -0.05) is 13.8 Å². The molecule has 6 N–H and O–H groups in total. The third-order valence-electron chi connectivity index (χ3n) is 4.35. The molecule has 0 rings (SSSR count). The van der Waals surface area contributed by atoms with Gasteiger partial charge in [-0.2, -0.15) is 0 Å². The predicted molar refractivity (Wildman–Crippen MR) is 120 cm³/mol. The number of carboxylic acids is 2. The van der Waals surface area contributed by atoms with E-state index in [0.29, 0.717) is 25.9 Å². The summed E-state index contributed by atoms with van der Waals surface area (Å²) < 4.78 is 30.0. The Morgan fingerprint density at radius 2 is 1.65 bits per heavy atom. The molecule has 14 nitrogen and oxygen atoms in total. The second kappa shape index (κ2) is 15.8. The van der Waals surface area contributed by atoms with Gasteiger partial charge in [-0.25, -0.2) is 13.2 Å². The van der Waals surface area contributed by atoms with Crippen molar-refractivity contribution in [1.82, 2.24) is 15.5 Å². The van der Waals surface area contributed by atoms with Crippen LogP contribution in [0.4, 0.5) is 4.79 Å². The molecule has 15 heteroatoms. The molecule has 2 unspecified atom stereocenters. The lowest BCUT2D eigenvalue weighted by Crippen LogP contribution is -2.51. The molecule has 0 radical (unpaired) electrons. The Morgan fingerprint density at radius 3 is 2.15 bits per heavy atom. The predicted octanol–water partition coefficient (Wildman–Crippen LogP) is -1.46. The summed E-state index contributed by atoms with van der Waals surface area (Å²) in [7, 11) is -4.04. The van der Waals surface area contributed by atoms with Crippen molar-refractivity contribution in [3.63, 3.8) is 0 Å². The Balaban J connectivity index is 5.09. The van der Waals surface area contributed by atoms with Crippen molar-refractivity contribution < 1.29 is 47.3 Å². The van der Waals surface area contributed by atoms with Crippen LogP contribution < -0.4 is 16.4 Å². The van der Waals surface area contributed by atoms with Gasteiger partial charge in [0, 0.05) is 19.5 Å². The van der Waals surface area contributed by atoms with Gasteiger partial charge >= 0.3 is 18.0 Å². The van der Waals surface area contributed by atoms with Gasteiger partial charge in [0.25, 0.3) is 0 Å². The van der Waals surface area contributed by atoms with E-state index < -0.39 is 82.8 Å². The van der Waals surface area contributed by atoms with Gasteiger partial charge in [0.15, 0.2) is 9.84 Å². The van der Waals surface area contributed by atoms with Gasteiger partial charge in [-0.15, -0.1) is 0 Å². The second-order valence-electron chi connectivity index (χ2n) is 7.43. The largest absolute Gasteiger partial charge is 0.480 e. The molecule has 0 spiro atoms. The molecule has 0 aromatic rings. The molecule has 0 aliphatic rings. The summed E-state index contributed by atoms with van der Waals surface area (Å²) in [6.45, 7) is 3.36. The Morgan fingerprint density at radius 1 is 1.06 bits per heavy atom. The van der Waals surface area contributed by atoms with E-state index >= 15 is 0 Å². The van der Waals surface area contributed by atoms with Crippen molar-refractivity contribution in [1.29, 1.82) is 0 Å². The lowest BCUT2D eigenvalue weighted by atomic mass is 10.1. The highest BCUT2D eigenvalue weighted by molar-refractivity contribution is 7.91. The smallest absolute Gasteiger partial charge is 0.409 e. The molecule has 0 aromatic carbocycles. The zero-order valence-electron chi connectivity index (χ0n) is 19.3. The van der Waals surface area contributed by atoms with Crippen LogP contribution >= 0.6 is 0 Å². The molecule has 0 aliphatic heterocycles. The van der Waals surface area contributed by atoms with E-state index in [-0.39, 0.29) is 6.42 Å². The summed E-state index contributed by atoms with van der Waals surface area (Å²) in [4.78, 5) is 59.3. The van der Waals surface area contributed by atoms with E-state index in [1.807, 2.05) is 19.2 Å². The van der Waals surface area contributed by atoms with E-state index in [1.54, 1.807) is 0 Å². The maximum atomic E-state index is 12.5. The van der Waals surface area contributed by atoms with Crippen LogP contribution in [-0.4, -0.2) is 103 Å². The Bertz CT molecular complexity index is 812. The minimum atomic E-state index is -4.04. The van der Waals surface area contributed by atoms with Gasteiger partial charge in [-0.05, 0) is 19.3 Å². The number of aliphatic carboxylic acids is 2. The zero-order chi connectivity index (χ0) is 26.3. The van der Waals surface area contributed by atoms with Gasteiger partial charge in [0.1, 0.15) is 25.2 Å². The Kier molecular flexibility index (Phi) is 14.5. The Labute approximate surface area is 198 Å². The van der Waals surface area contributed by atoms with Crippen molar-refractivity contribution >= 4 is 39.7 Å². The van der Waals surface area contributed by atoms with E-state index in [1.165, 1.54) is 4.90 Å². The number of nitrogens with zero attached hydrogens (tertiary/aromatic N) is 1. The second-order valence-corrected chi connectivity index (χ2v) is 9.66. The van der Waals surface area contributed by atoms with Gasteiger partial charge in [0.05, 0.1) is 11.5 Å². The third-order valence-corrected chi connectivity index (χ3v) is 5.98. The number of amides is 3. The van der Waals surface area contributed by atoms with E-state index in [2.05, 4.69) is 5.32 Å². The minimum Gasteiger partial charge on any atom is -0.480 e. The van der Waals surface area contributed by atoms with E-state index in [4.69, 9.17) is 20.7 Å². The average molecular weight is 511 g/mol. The monoisotopic (exact) mass is 510 g/mol. The lowest BCUT2D eigenvalue weighted by Gasteiger charge is -2.21. The summed E-state index contributed by atoms with van der Waals surface area (Å²) in [5, 5.41) is 21.6. The van der Waals surface area contributed by atoms with Crippen LogP contribution in [0.1, 0.15) is 39.5 Å². The molecule has 0 saturated heterocycles. The molecule has 34 heavy (non-hydrogen) atoms. The third kappa shape index (κ3) is 13.6. The topological polar surface area (TPSA) is 222 Å². The van der Waals surface area contributed by atoms with E-state index in [0.717, 1.165) is 0 Å². The van der Waals surface area contributed by atoms with Crippen molar-refractivity contribution in [3.8, 4) is 0 Å². The first kappa shape index (κ1) is 31.1. The summed E-state index contributed by atoms with van der Waals surface area (Å²) >= 11 is 0. The maximum absolute atomic E-state index is 12.5. The molecule has 0 aromatic heterocycles. The van der Waals surface area contributed by atoms with Crippen LogP contribution in [0.25, 0.3) is 0 Å². The number of carbonyl (C=O) groups excluding carboxylic acids is 3. The first-order valence-corrected chi connectivity index (χ1v) is 12.5. The number of carbonyl (C=O) groups is 5. The van der Waals surface area contributed by atoms with Crippen molar-refractivity contribution in [3.05, 3.63) is 0 Å². The number of rotatable bonds is 17. The van der Waals surface area contributed by atoms with Crippen LogP contribution in [0.2, 0.25) is 0 Å². The van der Waals surface area contributed by atoms with Gasteiger partial charge in [0.2, 0.25) is 11.8 Å². The fraction of sp³-hybridized carbons (Fsp3) is 0.737. The standard InChI is InChI=1S/C19H34N4O10S/c1-3-7-23(8-4-2)19(30)33-9-10-34(31,32)12-14(17(27)21-11-16(25)26)22-15(24)6-5-13(20)18(28)29/h13-14H,3-12,20H2,1-2H3,(H,21,27)(H,22,24)(H,25,26)(H,28,29). The lowest BCUT2D eigenvalue weighted by molar-refractivity contribution is -0.139. The number of nitrogens with two attached hydrogens (primary N) is 1. The fourth-order valence-corrected chi connectivity index (χ4v) is 3.91. The highest BCUT2D eigenvalue weighted by Crippen LogP contribution is 2.03. The number of ether oxygens (including phenoxy) is 1. The minimum absolute atomic E-state index is 0.265. The van der Waals surface area contributed by atoms with Gasteiger partial charge in [-0.3, -0.25) is 19.2 Å². The van der Waals surface area contributed by atoms with Crippen LogP contribution in [-0.2, 0) is 33.8 Å².